The van der Waals surface area contributed by atoms with Crippen LogP contribution in [0.25, 0.3) is 43.9 Å². The number of halogens is 24. The van der Waals surface area contributed by atoms with Gasteiger partial charge in [0.2, 0.25) is 0 Å². The van der Waals surface area contributed by atoms with E-state index >= 15 is 0 Å². The van der Waals surface area contributed by atoms with Gasteiger partial charge in [-0.15, -0.1) is 0 Å². The van der Waals surface area contributed by atoms with Gasteiger partial charge in [-0.05, 0) is 116 Å². The Morgan fingerprint density at radius 2 is 0.477 bits per heavy atom. The first kappa shape index (κ1) is 127. The molecule has 2 saturated heterocycles. The predicted octanol–water partition coefficient (Wildman–Crippen LogP) is 29.3. The Morgan fingerprint density at radius 3 is 0.659 bits per heavy atom. The number of para-hydroxylation sites is 4. The average Bonchev–Trinajstić information content (AvgIpc) is 1.61. The van der Waals surface area contributed by atoms with Crippen molar-refractivity contribution < 1.29 is 178 Å². The molecule has 0 saturated carbocycles. The molecule has 754 valence electrons. The summed E-state index contributed by atoms with van der Waals surface area (Å²) in [4.78, 5) is 38.9. The second kappa shape index (κ2) is 50.0. The smallest absolute Gasteiger partial charge is 1.00 e. The fourth-order valence-electron chi connectivity index (χ4n) is 12.8. The van der Waals surface area contributed by atoms with E-state index in [2.05, 4.69) is 212 Å². The van der Waals surface area contributed by atoms with Gasteiger partial charge in [-0.1, -0.05) is 84.9 Å². The number of benzene rings is 4. The van der Waals surface area contributed by atoms with Crippen LogP contribution in [0.4, 0.5) is 112 Å². The maximum absolute atomic E-state index is 10.7. The van der Waals surface area contributed by atoms with Crippen molar-refractivity contribution in [2.24, 2.45) is 0 Å². The van der Waals surface area contributed by atoms with Crippen molar-refractivity contribution in [1.29, 1.82) is 21.0 Å². The van der Waals surface area contributed by atoms with Crippen LogP contribution in [0.15, 0.2) is 179 Å². The Labute approximate surface area is 793 Å². The summed E-state index contributed by atoms with van der Waals surface area (Å²) < 4.78 is 251. The van der Waals surface area contributed by atoms with Crippen molar-refractivity contribution >= 4 is 86.5 Å². The predicted molar refractivity (Wildman–Crippen MR) is 461 cm³/mol. The van der Waals surface area contributed by atoms with Gasteiger partial charge in [0.1, 0.15) is 11.2 Å². The minimum atomic E-state index is -10.7. The van der Waals surface area contributed by atoms with Gasteiger partial charge in [0.25, 0.3) is 0 Å². The van der Waals surface area contributed by atoms with Crippen LogP contribution in [0.3, 0.4) is 0 Å². The summed E-state index contributed by atoms with van der Waals surface area (Å²) in [5.41, 5.74) is 12.5. The van der Waals surface area contributed by atoms with E-state index in [1.165, 1.54) is 49.6 Å². The number of aromatic nitrogens is 4. The zero-order valence-corrected chi connectivity index (χ0v) is 80.6. The molecule has 0 spiro atoms. The van der Waals surface area contributed by atoms with Gasteiger partial charge in [-0.2, -0.15) is 21.0 Å². The van der Waals surface area contributed by atoms with Crippen molar-refractivity contribution in [3.63, 3.8) is 0 Å². The largest absolute Gasteiger partial charge is 2.00 e. The van der Waals surface area contributed by atoms with Crippen molar-refractivity contribution in [3.05, 3.63) is 204 Å². The van der Waals surface area contributed by atoms with Gasteiger partial charge < -0.3 is 18.6 Å². The number of pyridine rings is 4. The van der Waals surface area contributed by atoms with Crippen LogP contribution >= 0.6 is 31.2 Å². The number of nitriles is 4. The maximum atomic E-state index is 9.87. The van der Waals surface area contributed by atoms with Gasteiger partial charge in [0.15, 0.2) is 11.2 Å². The molecule has 0 aliphatic carbocycles. The molecule has 2 fully saturated rings. The normalized spacial score (nSPS) is 15.8. The quantitative estimate of drug-likeness (QED) is 0.0446. The van der Waals surface area contributed by atoms with Crippen LogP contribution in [0.5, 0.6) is 0 Å². The molecule has 6 aromatic heterocycles. The molecule has 4 aromatic carbocycles. The van der Waals surface area contributed by atoms with Crippen molar-refractivity contribution in [2.45, 2.75) is 147 Å². The zero-order chi connectivity index (χ0) is 97.4. The first-order chi connectivity index (χ1) is 58.4. The summed E-state index contributed by atoms with van der Waals surface area (Å²) in [6, 6.07) is 59.8. The molecule has 0 unspecified atom stereocenters. The van der Waals surface area contributed by atoms with Crippen LogP contribution in [0.1, 0.15) is 117 Å². The Morgan fingerprint density at radius 1 is 0.295 bits per heavy atom. The Hall–Kier alpha value is -7.48. The van der Waals surface area contributed by atoms with Gasteiger partial charge in [-0.3, -0.25) is 49.3 Å². The van der Waals surface area contributed by atoms with Crippen molar-refractivity contribution in [2.75, 3.05) is 88.3 Å². The topological polar surface area (TPSA) is 199 Å². The van der Waals surface area contributed by atoms with Crippen LogP contribution in [-0.4, -0.2) is 152 Å². The van der Waals surface area contributed by atoms with E-state index in [4.69, 9.17) is 29.9 Å². The molecule has 2 aliphatic heterocycles. The third-order valence-corrected chi connectivity index (χ3v) is 18.0. The Kier molecular flexibility index (Phi) is 48.0. The Bertz CT molecular complexity index is 4720. The average molecular weight is 2180 g/mol. The van der Waals surface area contributed by atoms with Crippen LogP contribution in [-0.2, 0) is 108 Å². The molecule has 132 heavy (non-hydrogen) atoms. The van der Waals surface area contributed by atoms with Crippen LogP contribution in [0, 0.1) is 45.3 Å². The third-order valence-electron chi connectivity index (χ3n) is 18.0. The van der Waals surface area contributed by atoms with E-state index in [0.717, 1.165) is 159 Å². The van der Waals surface area contributed by atoms with E-state index < -0.39 is 31.2 Å². The minimum Gasteiger partial charge on any atom is 1.00 e. The maximum Gasteiger partial charge on any atom is 2.00 e. The van der Waals surface area contributed by atoms with E-state index in [1.54, 1.807) is 24.3 Å². The van der Waals surface area contributed by atoms with Gasteiger partial charge >= 0.3 is 200 Å². The van der Waals surface area contributed by atoms with E-state index in [0.29, 0.717) is 50.3 Å². The summed E-state index contributed by atoms with van der Waals surface area (Å²) in [7, 11) is -42.6. The second-order valence-corrected chi connectivity index (χ2v) is 37.6. The molecule has 0 amide bonds. The summed E-state index contributed by atoms with van der Waals surface area (Å²) in [5.74, 6) is 0. The second-order valence-electron chi connectivity index (χ2n) is 29.9. The van der Waals surface area contributed by atoms with Crippen molar-refractivity contribution in [3.8, 4) is 24.3 Å². The van der Waals surface area contributed by atoms with Crippen LogP contribution in [0.2, 0.25) is 0 Å². The molecular weight excluding hydrogens is 2080 g/mol. The van der Waals surface area contributed by atoms with Crippen LogP contribution < -0.4 is 9.80 Å². The standard InChI is InChI=1S/2C37H46N6O.4C2H3N.4Cu.4F6P/c2*1-28(2)41-21-19-40(20-22-42(24-23-41)29(3)4)25-30-11-9-14-33-34-15-10-16-35(37(34)44-36(30)33)43(26-31-12-5-7-17-38-31)27-32-13-6-8-18-39-32;4*1-2-3;;;;;4*1-7(2,3,4,5)6/h2*5-18,28-29H,19-27H2,1-4H3;4*1H3;;;;;;;;/q;;;;;;2*+1;2*+2;4*-1. The molecule has 2 aliphatic rings. The summed E-state index contributed by atoms with van der Waals surface area (Å²) in [6.07, 6.45) is 7.43. The number of hydrogen-bond donors (Lipinski definition) is 0. The fraction of sp³-hybridized carbons (Fsp3) is 0.415. The summed E-state index contributed by atoms with van der Waals surface area (Å²) in [6.45, 7) is 41.7. The molecular formula is C82H104Cu4F24N16O2P4+2. The molecule has 2 radical (unpaired) electrons. The zero-order valence-electron chi connectivity index (χ0n) is 73.2. The van der Waals surface area contributed by atoms with Crippen molar-refractivity contribution in [1.82, 2.24) is 49.3 Å². The molecule has 18 nitrogen and oxygen atoms in total. The van der Waals surface area contributed by atoms with Gasteiger partial charge in [0.05, 0.1) is 84.6 Å². The number of hydrogen-bond acceptors (Lipinski definition) is 18. The monoisotopic (exact) mass is 2180 g/mol. The third kappa shape index (κ3) is 59.4. The first-order valence-corrected chi connectivity index (χ1v) is 47.4. The van der Waals surface area contributed by atoms with Gasteiger partial charge in [-0.25, -0.2) is 0 Å². The molecule has 0 bridgehead atoms. The molecule has 0 N–H and O–H groups in total. The number of furan rings is 2. The SMILES string of the molecule is CC#N.CC#N.CC#N.CC#N.CC(C)N1CCN(Cc2cccc3c2oc2c(N(Cc4ccccn4)Cc4ccccn4)cccc23)CCN(C(C)C)CC1.CC(C)N1CCN(Cc2cccc3c2oc2c(N(Cc4ccccn4)Cc4ccccn4)cccc23)CCN(C(C)C)CC1.F[P-](F)(F)(F)(F)F.F[P-](F)(F)(F)(F)F.F[P-](F)(F)(F)(F)F.F[P-](F)(F)(F)(F)F.[Cu+2].[Cu+2].[Cu+].[Cu+]. The fourth-order valence-corrected chi connectivity index (χ4v) is 12.8. The Balaban J connectivity index is 0. The number of fused-ring (bicyclic) bond motifs is 6. The van der Waals surface area contributed by atoms with E-state index in [9.17, 15) is 101 Å². The number of rotatable bonds is 18. The molecule has 10 aromatic rings. The molecule has 50 heteroatoms. The first-order valence-electron chi connectivity index (χ1n) is 39.2. The minimum absolute atomic E-state index is 0. The molecule has 0 atom stereocenters. The molecule has 8 heterocycles. The number of nitrogens with zero attached hydrogens (tertiary/aromatic N) is 16. The number of anilines is 2. The van der Waals surface area contributed by atoms with E-state index in [1.807, 2.05) is 73.3 Å². The summed E-state index contributed by atoms with van der Waals surface area (Å²) >= 11 is 0. The van der Waals surface area contributed by atoms with Gasteiger partial charge in [0, 0.05) is 201 Å². The molecule has 12 rings (SSSR count). The summed E-state index contributed by atoms with van der Waals surface area (Å²) in [5, 5.41) is 33.9. The van der Waals surface area contributed by atoms with E-state index in [-0.39, 0.29) is 68.3 Å².